The Morgan fingerprint density at radius 3 is 2.86 bits per heavy atom. The van der Waals surface area contributed by atoms with E-state index in [1.54, 1.807) is 31.2 Å². The van der Waals surface area contributed by atoms with Crippen molar-refractivity contribution in [2.24, 2.45) is 0 Å². The van der Waals surface area contributed by atoms with Crippen LogP contribution in [0.1, 0.15) is 5.69 Å². The molecule has 0 aliphatic heterocycles. The summed E-state index contributed by atoms with van der Waals surface area (Å²) in [5.74, 6) is -1.14. The highest BCUT2D eigenvalue weighted by atomic mass is 35.5. The molecule has 2 aromatic heterocycles. The van der Waals surface area contributed by atoms with Crippen molar-refractivity contribution in [1.29, 1.82) is 0 Å². The Balaban J connectivity index is 2.31. The maximum absolute atomic E-state index is 12.5. The van der Waals surface area contributed by atoms with E-state index in [9.17, 15) is 9.59 Å². The molecule has 3 rings (SSSR count). The normalized spacial score (nSPS) is 11.0. The molecule has 1 N–H and O–H groups in total. The monoisotopic (exact) mass is 318 g/mol. The Bertz CT molecular complexity index is 945. The summed E-state index contributed by atoms with van der Waals surface area (Å²) in [5.41, 5.74) is 0.910. The van der Waals surface area contributed by atoms with Crippen molar-refractivity contribution >= 4 is 28.5 Å². The number of carbonyl (C=O) groups is 1. The summed E-state index contributed by atoms with van der Waals surface area (Å²) >= 11 is 5.97. The van der Waals surface area contributed by atoms with Crippen molar-refractivity contribution in [2.45, 2.75) is 13.5 Å². The number of aliphatic carboxylic acids is 1. The first-order valence-corrected chi connectivity index (χ1v) is 6.78. The molecule has 0 aliphatic carbocycles. The minimum Gasteiger partial charge on any atom is -0.480 e. The van der Waals surface area contributed by atoms with Crippen LogP contribution < -0.4 is 5.56 Å². The molecule has 0 radical (unpaired) electrons. The number of hydrogen-bond donors (Lipinski definition) is 1. The lowest BCUT2D eigenvalue weighted by atomic mass is 10.2. The summed E-state index contributed by atoms with van der Waals surface area (Å²) in [7, 11) is 0. The van der Waals surface area contributed by atoms with Crippen LogP contribution in [0.3, 0.4) is 0 Å². The summed E-state index contributed by atoms with van der Waals surface area (Å²) in [6.07, 6.45) is 1.53. The van der Waals surface area contributed by atoms with Gasteiger partial charge in [-0.15, -0.1) is 0 Å². The predicted molar refractivity (Wildman–Crippen MR) is 80.5 cm³/mol. The fraction of sp³-hybridized carbons (Fsp3) is 0.143. The van der Waals surface area contributed by atoms with E-state index < -0.39 is 18.1 Å². The lowest BCUT2D eigenvalue weighted by Crippen LogP contribution is -2.28. The van der Waals surface area contributed by atoms with E-state index in [1.165, 1.54) is 10.9 Å². The van der Waals surface area contributed by atoms with Gasteiger partial charge in [0.1, 0.15) is 12.1 Å². The zero-order valence-corrected chi connectivity index (χ0v) is 12.3. The molecule has 8 heteroatoms. The molecule has 1 aromatic carbocycles. The molecule has 0 fully saturated rings. The molecule has 0 saturated carbocycles. The van der Waals surface area contributed by atoms with Crippen LogP contribution in [0.25, 0.3) is 16.6 Å². The number of aryl methyl sites for hydroxylation is 1. The molecule has 0 spiro atoms. The number of fused-ring (bicyclic) bond motifs is 1. The Hall–Kier alpha value is -2.67. The summed E-state index contributed by atoms with van der Waals surface area (Å²) in [6.45, 7) is 1.19. The lowest BCUT2D eigenvalue weighted by Gasteiger charge is -2.07. The first-order chi connectivity index (χ1) is 10.5. The topological polar surface area (TPSA) is 90.0 Å². The van der Waals surface area contributed by atoms with Crippen molar-refractivity contribution < 1.29 is 9.90 Å². The van der Waals surface area contributed by atoms with Crippen LogP contribution in [0.2, 0.25) is 5.02 Å². The van der Waals surface area contributed by atoms with Gasteiger partial charge in [-0.3, -0.25) is 9.59 Å². The molecule has 0 amide bonds. The molecular weight excluding hydrogens is 308 g/mol. The van der Waals surface area contributed by atoms with Crippen LogP contribution >= 0.6 is 11.6 Å². The van der Waals surface area contributed by atoms with Crippen molar-refractivity contribution in [3.8, 4) is 5.69 Å². The number of benzene rings is 1. The fourth-order valence-electron chi connectivity index (χ4n) is 2.26. The van der Waals surface area contributed by atoms with Gasteiger partial charge in [-0.05, 0) is 25.1 Å². The summed E-state index contributed by atoms with van der Waals surface area (Å²) in [4.78, 5) is 23.4. The van der Waals surface area contributed by atoms with Crippen LogP contribution in [-0.4, -0.2) is 30.6 Å². The minimum absolute atomic E-state index is 0.274. The molecule has 112 valence electrons. The number of rotatable bonds is 3. The third-order valence-electron chi connectivity index (χ3n) is 3.20. The Morgan fingerprint density at radius 1 is 1.41 bits per heavy atom. The van der Waals surface area contributed by atoms with Crippen LogP contribution in [-0.2, 0) is 11.3 Å². The van der Waals surface area contributed by atoms with E-state index in [-0.39, 0.29) is 5.52 Å². The van der Waals surface area contributed by atoms with Crippen LogP contribution in [0, 0.1) is 6.92 Å². The van der Waals surface area contributed by atoms with Gasteiger partial charge in [-0.1, -0.05) is 17.7 Å². The van der Waals surface area contributed by atoms with Gasteiger partial charge >= 0.3 is 5.97 Å². The Morgan fingerprint density at radius 2 is 2.18 bits per heavy atom. The summed E-state index contributed by atoms with van der Waals surface area (Å²) in [5, 5.41) is 18.2. The lowest BCUT2D eigenvalue weighted by molar-refractivity contribution is -0.138. The summed E-state index contributed by atoms with van der Waals surface area (Å²) < 4.78 is 2.36. The van der Waals surface area contributed by atoms with Gasteiger partial charge in [0, 0.05) is 10.4 Å². The number of carboxylic acid groups (broad SMARTS) is 1. The smallest absolute Gasteiger partial charge is 0.325 e. The molecule has 7 nitrogen and oxygen atoms in total. The van der Waals surface area contributed by atoms with Crippen molar-refractivity contribution in [2.75, 3.05) is 0 Å². The second kappa shape index (κ2) is 5.27. The van der Waals surface area contributed by atoms with E-state index in [2.05, 4.69) is 10.2 Å². The molecule has 22 heavy (non-hydrogen) atoms. The standard InChI is InChI=1S/C14H11ClN4O3/c1-8-11-6-16-19(10-4-2-3-9(15)5-10)13(11)14(22)18(17-8)7-12(20)21/h2-6H,7H2,1H3,(H,20,21). The second-order valence-corrected chi connectivity index (χ2v) is 5.18. The first kappa shape index (κ1) is 14.3. The van der Waals surface area contributed by atoms with Gasteiger partial charge in [-0.25, -0.2) is 9.36 Å². The van der Waals surface area contributed by atoms with Gasteiger partial charge in [-0.2, -0.15) is 10.2 Å². The maximum Gasteiger partial charge on any atom is 0.325 e. The average molecular weight is 319 g/mol. The van der Waals surface area contributed by atoms with Crippen LogP contribution in [0.15, 0.2) is 35.3 Å². The van der Waals surface area contributed by atoms with Crippen molar-refractivity contribution in [1.82, 2.24) is 19.6 Å². The average Bonchev–Trinajstić information content (AvgIpc) is 2.89. The third kappa shape index (κ3) is 2.35. The first-order valence-electron chi connectivity index (χ1n) is 6.40. The van der Waals surface area contributed by atoms with E-state index >= 15 is 0 Å². The number of halogens is 1. The molecular formula is C14H11ClN4O3. The number of hydrogen-bond acceptors (Lipinski definition) is 4. The van der Waals surface area contributed by atoms with E-state index in [1.807, 2.05) is 0 Å². The number of aromatic nitrogens is 4. The van der Waals surface area contributed by atoms with Crippen LogP contribution in [0.4, 0.5) is 0 Å². The molecule has 0 unspecified atom stereocenters. The molecule has 0 aliphatic rings. The predicted octanol–water partition coefficient (Wildman–Crippen LogP) is 1.63. The van der Waals surface area contributed by atoms with Gasteiger partial charge in [0.05, 0.1) is 17.6 Å². The molecule has 2 heterocycles. The molecule has 0 bridgehead atoms. The van der Waals surface area contributed by atoms with Crippen molar-refractivity contribution in [3.05, 3.63) is 51.5 Å². The van der Waals surface area contributed by atoms with Gasteiger partial charge in [0.25, 0.3) is 5.56 Å². The number of carboxylic acids is 1. The zero-order chi connectivity index (χ0) is 15.9. The Labute approximate surface area is 129 Å². The van der Waals surface area contributed by atoms with Crippen molar-refractivity contribution in [3.63, 3.8) is 0 Å². The van der Waals surface area contributed by atoms with E-state index in [4.69, 9.17) is 16.7 Å². The molecule has 3 aromatic rings. The van der Waals surface area contributed by atoms with Crippen LogP contribution in [0.5, 0.6) is 0 Å². The van der Waals surface area contributed by atoms with Gasteiger partial charge in [0.15, 0.2) is 0 Å². The summed E-state index contributed by atoms with van der Waals surface area (Å²) in [6, 6.07) is 6.89. The Kier molecular flexibility index (Phi) is 3.42. The maximum atomic E-state index is 12.5. The van der Waals surface area contributed by atoms with Gasteiger partial charge in [0.2, 0.25) is 0 Å². The third-order valence-corrected chi connectivity index (χ3v) is 3.44. The quantitative estimate of drug-likeness (QED) is 0.792. The fourth-order valence-corrected chi connectivity index (χ4v) is 2.45. The highest BCUT2D eigenvalue weighted by Gasteiger charge is 2.16. The highest BCUT2D eigenvalue weighted by Crippen LogP contribution is 2.19. The molecule has 0 saturated heterocycles. The van der Waals surface area contributed by atoms with Gasteiger partial charge < -0.3 is 5.11 Å². The zero-order valence-electron chi connectivity index (χ0n) is 11.5. The van der Waals surface area contributed by atoms with E-state index in [0.717, 1.165) is 4.68 Å². The number of nitrogens with zero attached hydrogens (tertiary/aromatic N) is 4. The van der Waals surface area contributed by atoms with E-state index in [0.29, 0.717) is 21.8 Å². The molecule has 0 atom stereocenters. The second-order valence-electron chi connectivity index (χ2n) is 4.74. The highest BCUT2D eigenvalue weighted by molar-refractivity contribution is 6.30. The largest absolute Gasteiger partial charge is 0.480 e. The SMILES string of the molecule is Cc1nn(CC(=O)O)c(=O)c2c1cnn2-c1cccc(Cl)c1. The minimum atomic E-state index is -1.14.